The summed E-state index contributed by atoms with van der Waals surface area (Å²) in [5.41, 5.74) is -0.733. The van der Waals surface area contributed by atoms with Gasteiger partial charge in [-0.2, -0.15) is 4.98 Å². The molecule has 2 rings (SSSR count). The first-order valence-corrected chi connectivity index (χ1v) is 11.2. The third kappa shape index (κ3) is 6.90. The minimum Gasteiger partial charge on any atom is -0.592 e. The quantitative estimate of drug-likeness (QED) is 0.511. The lowest BCUT2D eigenvalue weighted by molar-refractivity contribution is 0.0131. The number of carbonyl (C=O) groups excluding carboxylic acids is 1. The molecule has 1 amide bonds. The lowest BCUT2D eigenvalue weighted by atomic mass is 9.92. The van der Waals surface area contributed by atoms with E-state index in [1.165, 1.54) is 0 Å². The lowest BCUT2D eigenvalue weighted by Crippen LogP contribution is -2.45. The van der Waals surface area contributed by atoms with Crippen molar-refractivity contribution in [3.8, 4) is 0 Å². The number of nitrogens with one attached hydrogen (secondary N) is 1. The van der Waals surface area contributed by atoms with Crippen LogP contribution in [-0.2, 0) is 16.1 Å². The molecule has 1 aliphatic rings. The maximum Gasteiger partial charge on any atom is 0.410 e. The number of likely N-dealkylation sites (tertiary alicyclic amines) is 1. The Balaban J connectivity index is 1.93. The highest BCUT2D eigenvalue weighted by molar-refractivity contribution is 7.89. The summed E-state index contributed by atoms with van der Waals surface area (Å²) in [7, 11) is 0. The standard InChI is InChI=1S/C21H34N4O3S/c1-7-16(23-17-9-8-10-18(24-17)29(22)27)12-11-15-13-21(5,6)25(14-15)19(26)28-20(2,3)4/h7-10,15-16H,1,11-14,22H2,2-6H3,(H,23,24). The summed E-state index contributed by atoms with van der Waals surface area (Å²) in [4.78, 5) is 18.7. The van der Waals surface area contributed by atoms with E-state index in [0.717, 1.165) is 19.3 Å². The van der Waals surface area contributed by atoms with Crippen LogP contribution in [0.4, 0.5) is 10.6 Å². The Hall–Kier alpha value is -1.77. The van der Waals surface area contributed by atoms with E-state index in [-0.39, 0.29) is 17.7 Å². The van der Waals surface area contributed by atoms with Gasteiger partial charge in [-0.25, -0.2) is 4.79 Å². The van der Waals surface area contributed by atoms with Crippen molar-refractivity contribution >= 4 is 23.3 Å². The van der Waals surface area contributed by atoms with Crippen molar-refractivity contribution in [1.29, 1.82) is 0 Å². The molecule has 1 aromatic heterocycles. The maximum absolute atomic E-state index is 12.6. The van der Waals surface area contributed by atoms with E-state index in [0.29, 0.717) is 23.3 Å². The fraction of sp³-hybridized carbons (Fsp3) is 0.619. The van der Waals surface area contributed by atoms with Crippen LogP contribution in [0.5, 0.6) is 0 Å². The fourth-order valence-electron chi connectivity index (χ4n) is 3.68. The Morgan fingerprint density at radius 1 is 1.55 bits per heavy atom. The van der Waals surface area contributed by atoms with Crippen molar-refractivity contribution in [2.75, 3.05) is 11.9 Å². The number of pyridine rings is 1. The number of amides is 1. The van der Waals surface area contributed by atoms with Crippen LogP contribution in [0.25, 0.3) is 0 Å². The number of anilines is 1. The molecule has 8 heteroatoms. The summed E-state index contributed by atoms with van der Waals surface area (Å²) < 4.78 is 17.0. The van der Waals surface area contributed by atoms with Gasteiger partial charge < -0.3 is 19.5 Å². The zero-order chi connectivity index (χ0) is 21.8. The summed E-state index contributed by atoms with van der Waals surface area (Å²) in [6.45, 7) is 14.4. The Kier molecular flexibility index (Phi) is 7.59. The van der Waals surface area contributed by atoms with E-state index in [2.05, 4.69) is 30.7 Å². The number of aromatic nitrogens is 1. The van der Waals surface area contributed by atoms with E-state index in [1.54, 1.807) is 12.1 Å². The van der Waals surface area contributed by atoms with Crippen LogP contribution in [0.2, 0.25) is 0 Å². The van der Waals surface area contributed by atoms with E-state index in [9.17, 15) is 9.35 Å². The number of hydrogen-bond donors (Lipinski definition) is 2. The van der Waals surface area contributed by atoms with Crippen LogP contribution in [0.15, 0.2) is 35.9 Å². The minimum atomic E-state index is -1.61. The topological polar surface area (TPSA) is 104 Å². The molecule has 0 aliphatic carbocycles. The van der Waals surface area contributed by atoms with Gasteiger partial charge in [0.05, 0.1) is 11.4 Å². The van der Waals surface area contributed by atoms with Crippen LogP contribution >= 0.6 is 0 Å². The number of hydrogen-bond acceptors (Lipinski definition) is 6. The molecule has 3 unspecified atom stereocenters. The molecule has 29 heavy (non-hydrogen) atoms. The zero-order valence-corrected chi connectivity index (χ0v) is 18.9. The van der Waals surface area contributed by atoms with Gasteiger partial charge >= 0.3 is 6.09 Å². The number of ether oxygens (including phenoxy) is 1. The molecule has 0 radical (unpaired) electrons. The van der Waals surface area contributed by atoms with Crippen molar-refractivity contribution in [2.45, 2.75) is 76.1 Å². The molecule has 0 bridgehead atoms. The summed E-state index contributed by atoms with van der Waals surface area (Å²) in [6, 6.07) is 5.24. The fourth-order valence-corrected chi connectivity index (χ4v) is 4.08. The molecule has 0 aromatic carbocycles. The van der Waals surface area contributed by atoms with Crippen LogP contribution < -0.4 is 10.5 Å². The molecule has 1 fully saturated rings. The lowest BCUT2D eigenvalue weighted by Gasteiger charge is -2.33. The molecule has 1 saturated heterocycles. The summed E-state index contributed by atoms with van der Waals surface area (Å²) >= 11 is -1.61. The Bertz CT molecular complexity index is 718. The van der Waals surface area contributed by atoms with Gasteiger partial charge in [0.25, 0.3) is 5.03 Å². The van der Waals surface area contributed by atoms with Gasteiger partial charge in [-0.3, -0.25) is 0 Å². The molecule has 0 spiro atoms. The predicted molar refractivity (Wildman–Crippen MR) is 117 cm³/mol. The second-order valence-corrected chi connectivity index (χ2v) is 10.2. The third-order valence-corrected chi connectivity index (χ3v) is 5.65. The SMILES string of the molecule is C=CC(CCC1CN(C(=O)OC(C)(C)C)C(C)(C)C1)Nc1cccc([S+](N)[O-])n1. The number of nitrogens with zero attached hydrogens (tertiary/aromatic N) is 2. The monoisotopic (exact) mass is 422 g/mol. The first-order chi connectivity index (χ1) is 13.4. The van der Waals surface area contributed by atoms with Crippen molar-refractivity contribution in [3.63, 3.8) is 0 Å². The van der Waals surface area contributed by atoms with Gasteiger partial charge in [-0.1, -0.05) is 12.1 Å². The average Bonchev–Trinajstić information content (AvgIpc) is 2.92. The molecule has 0 saturated carbocycles. The van der Waals surface area contributed by atoms with Crippen molar-refractivity contribution in [3.05, 3.63) is 30.9 Å². The second kappa shape index (κ2) is 9.36. The molecular weight excluding hydrogens is 388 g/mol. The molecule has 2 heterocycles. The molecule has 1 aliphatic heterocycles. The Morgan fingerprint density at radius 2 is 2.24 bits per heavy atom. The van der Waals surface area contributed by atoms with Gasteiger partial charge in [0.2, 0.25) is 0 Å². The zero-order valence-electron chi connectivity index (χ0n) is 18.1. The minimum absolute atomic E-state index is 0.0163. The summed E-state index contributed by atoms with van der Waals surface area (Å²) in [5.74, 6) is 1.01. The number of rotatable bonds is 7. The largest absolute Gasteiger partial charge is 0.592 e. The molecule has 3 atom stereocenters. The van der Waals surface area contributed by atoms with Gasteiger partial charge in [0.1, 0.15) is 11.4 Å². The van der Waals surface area contributed by atoms with Gasteiger partial charge in [-0.15, -0.1) is 11.7 Å². The van der Waals surface area contributed by atoms with E-state index >= 15 is 0 Å². The first kappa shape index (κ1) is 23.5. The second-order valence-electron chi connectivity index (χ2n) is 9.20. The average molecular weight is 423 g/mol. The van der Waals surface area contributed by atoms with Crippen molar-refractivity contribution in [1.82, 2.24) is 9.88 Å². The molecule has 3 N–H and O–H groups in total. The normalized spacial score (nSPS) is 20.8. The van der Waals surface area contributed by atoms with Crippen LogP contribution in [0, 0.1) is 5.92 Å². The summed E-state index contributed by atoms with van der Waals surface area (Å²) in [6.07, 6.45) is 4.31. The highest BCUT2D eigenvalue weighted by atomic mass is 32.2. The van der Waals surface area contributed by atoms with Gasteiger partial charge in [-0.05, 0) is 65.9 Å². The highest BCUT2D eigenvalue weighted by Gasteiger charge is 2.42. The predicted octanol–water partition coefficient (Wildman–Crippen LogP) is 3.85. The van der Waals surface area contributed by atoms with Crippen LogP contribution in [-0.4, -0.2) is 44.3 Å². The Labute approximate surface area is 177 Å². The van der Waals surface area contributed by atoms with Crippen LogP contribution in [0.3, 0.4) is 0 Å². The van der Waals surface area contributed by atoms with Crippen LogP contribution in [0.1, 0.15) is 53.9 Å². The molecule has 162 valence electrons. The summed E-state index contributed by atoms with van der Waals surface area (Å²) in [5, 5.41) is 9.05. The maximum atomic E-state index is 12.6. The smallest absolute Gasteiger partial charge is 0.410 e. The number of carbonyl (C=O) groups is 1. The van der Waals surface area contributed by atoms with Crippen molar-refractivity contribution in [2.24, 2.45) is 11.1 Å². The molecule has 7 nitrogen and oxygen atoms in total. The molecule has 1 aromatic rings. The van der Waals surface area contributed by atoms with E-state index < -0.39 is 17.0 Å². The van der Waals surface area contributed by atoms with Gasteiger partial charge in [0, 0.05) is 24.2 Å². The van der Waals surface area contributed by atoms with Gasteiger partial charge in [0.15, 0.2) is 0 Å². The highest BCUT2D eigenvalue weighted by Crippen LogP contribution is 2.36. The number of nitrogens with two attached hydrogens (primary N) is 1. The molecular formula is C21H34N4O3S. The van der Waals surface area contributed by atoms with E-state index in [4.69, 9.17) is 9.88 Å². The van der Waals surface area contributed by atoms with Crippen molar-refractivity contribution < 1.29 is 14.1 Å². The first-order valence-electron chi connectivity index (χ1n) is 9.94. The van der Waals surface area contributed by atoms with E-state index in [1.807, 2.05) is 37.8 Å². The Morgan fingerprint density at radius 3 is 2.83 bits per heavy atom. The third-order valence-electron chi connectivity index (χ3n) is 5.01.